The zero-order chi connectivity index (χ0) is 15.1. The van der Waals surface area contributed by atoms with E-state index < -0.39 is 0 Å². The lowest BCUT2D eigenvalue weighted by atomic mass is 10.1. The van der Waals surface area contributed by atoms with Crippen molar-refractivity contribution < 1.29 is 15.1 Å². The second-order valence-corrected chi connectivity index (χ2v) is 5.03. The highest BCUT2D eigenvalue weighted by molar-refractivity contribution is 5.94. The van der Waals surface area contributed by atoms with Gasteiger partial charge in [-0.05, 0) is 30.2 Å². The van der Waals surface area contributed by atoms with Gasteiger partial charge in [0.05, 0.1) is 0 Å². The lowest BCUT2D eigenvalue weighted by Crippen LogP contribution is -2.36. The molecule has 0 heterocycles. The molecule has 110 valence electrons. The number of nitrogens with zero attached hydrogens (tertiary/aromatic N) is 2. The number of hydrogen-bond donors (Lipinski definition) is 3. The third kappa shape index (κ3) is 4.79. The number of phenolic OH excluding ortho intramolecular Hbond substituents is 1. The second kappa shape index (κ2) is 7.37. The second-order valence-electron chi connectivity index (χ2n) is 5.03. The summed E-state index contributed by atoms with van der Waals surface area (Å²) in [6, 6.07) is 6.11. The summed E-state index contributed by atoms with van der Waals surface area (Å²) in [5.74, 6) is 0.388. The molecule has 1 aromatic rings. The van der Waals surface area contributed by atoms with Crippen molar-refractivity contribution in [3.8, 4) is 5.75 Å². The maximum Gasteiger partial charge on any atom is 0.253 e. The number of carbonyl (C=O) groups is 1. The van der Waals surface area contributed by atoms with Gasteiger partial charge in [0.15, 0.2) is 0 Å². The number of oxime groups is 1. The number of amides is 1. The normalized spacial score (nSPS) is 11.7. The minimum atomic E-state index is -0.135. The minimum Gasteiger partial charge on any atom is -0.508 e. The molecule has 1 amide bonds. The molecule has 0 bridgehead atoms. The number of nitrogens with two attached hydrogens (primary N) is 1. The standard InChI is InChI=1S/C14H21N3O3/c1-10(2)9-17(8-7-13(15)16-20)14(19)11-3-5-12(18)6-4-11/h3-6,10,18,20H,7-9H2,1-2H3,(H2,15,16). The van der Waals surface area contributed by atoms with Crippen LogP contribution in [0, 0.1) is 5.92 Å². The highest BCUT2D eigenvalue weighted by Gasteiger charge is 2.17. The van der Waals surface area contributed by atoms with Crippen LogP contribution in [0.15, 0.2) is 29.4 Å². The number of phenols is 1. The number of hydrogen-bond acceptors (Lipinski definition) is 4. The van der Waals surface area contributed by atoms with Gasteiger partial charge in [-0.3, -0.25) is 4.79 Å². The summed E-state index contributed by atoms with van der Waals surface area (Å²) in [5.41, 5.74) is 5.94. The van der Waals surface area contributed by atoms with E-state index in [2.05, 4.69) is 5.16 Å². The Hall–Kier alpha value is -2.24. The first-order valence-electron chi connectivity index (χ1n) is 6.48. The first kappa shape index (κ1) is 15.8. The summed E-state index contributed by atoms with van der Waals surface area (Å²) in [6.45, 7) is 4.99. The van der Waals surface area contributed by atoms with E-state index in [9.17, 15) is 9.90 Å². The highest BCUT2D eigenvalue weighted by atomic mass is 16.4. The van der Waals surface area contributed by atoms with E-state index in [0.29, 0.717) is 31.0 Å². The summed E-state index contributed by atoms with van der Waals surface area (Å²) >= 11 is 0. The fourth-order valence-corrected chi connectivity index (χ4v) is 1.80. The minimum absolute atomic E-state index is 0.0947. The van der Waals surface area contributed by atoms with E-state index in [4.69, 9.17) is 10.9 Å². The van der Waals surface area contributed by atoms with Gasteiger partial charge in [-0.1, -0.05) is 19.0 Å². The molecule has 0 aliphatic heterocycles. The van der Waals surface area contributed by atoms with E-state index in [0.717, 1.165) is 0 Å². The van der Waals surface area contributed by atoms with E-state index in [1.165, 1.54) is 12.1 Å². The van der Waals surface area contributed by atoms with Gasteiger partial charge in [0, 0.05) is 25.1 Å². The summed E-state index contributed by atoms with van der Waals surface area (Å²) in [6.07, 6.45) is 0.313. The Kier molecular flexibility index (Phi) is 5.83. The topological polar surface area (TPSA) is 99.1 Å². The zero-order valence-electron chi connectivity index (χ0n) is 11.8. The molecule has 4 N–H and O–H groups in total. The largest absolute Gasteiger partial charge is 0.508 e. The SMILES string of the molecule is CC(C)CN(CCC(N)=NO)C(=O)c1ccc(O)cc1. The fourth-order valence-electron chi connectivity index (χ4n) is 1.80. The molecule has 0 aliphatic rings. The lowest BCUT2D eigenvalue weighted by Gasteiger charge is -2.24. The monoisotopic (exact) mass is 279 g/mol. The van der Waals surface area contributed by atoms with Crippen molar-refractivity contribution in [1.82, 2.24) is 4.90 Å². The maximum atomic E-state index is 12.4. The van der Waals surface area contributed by atoms with E-state index in [1.54, 1.807) is 17.0 Å². The average molecular weight is 279 g/mol. The van der Waals surface area contributed by atoms with Crippen molar-refractivity contribution >= 4 is 11.7 Å². The Morgan fingerprint density at radius 2 is 1.95 bits per heavy atom. The quantitative estimate of drug-likeness (QED) is 0.319. The molecule has 1 rings (SSSR count). The Morgan fingerprint density at radius 3 is 2.45 bits per heavy atom. The van der Waals surface area contributed by atoms with Crippen molar-refractivity contribution in [3.05, 3.63) is 29.8 Å². The Labute approximate surface area is 118 Å². The number of aromatic hydroxyl groups is 1. The van der Waals surface area contributed by atoms with Gasteiger partial charge in [-0.25, -0.2) is 0 Å². The van der Waals surface area contributed by atoms with Crippen LogP contribution < -0.4 is 5.73 Å². The molecule has 0 atom stereocenters. The van der Waals surface area contributed by atoms with Gasteiger partial charge in [0.1, 0.15) is 11.6 Å². The number of benzene rings is 1. The first-order valence-corrected chi connectivity index (χ1v) is 6.48. The molecule has 0 aliphatic carbocycles. The predicted molar refractivity (Wildman–Crippen MR) is 76.9 cm³/mol. The molecule has 0 aromatic heterocycles. The Morgan fingerprint density at radius 1 is 1.35 bits per heavy atom. The zero-order valence-corrected chi connectivity index (χ0v) is 11.8. The lowest BCUT2D eigenvalue weighted by molar-refractivity contribution is 0.0740. The molecule has 0 radical (unpaired) electrons. The van der Waals surface area contributed by atoms with Gasteiger partial charge in [-0.15, -0.1) is 0 Å². The van der Waals surface area contributed by atoms with Crippen molar-refractivity contribution in [1.29, 1.82) is 0 Å². The molecule has 20 heavy (non-hydrogen) atoms. The van der Waals surface area contributed by atoms with Crippen LogP contribution in [0.2, 0.25) is 0 Å². The summed E-state index contributed by atoms with van der Waals surface area (Å²) in [5, 5.41) is 20.7. The van der Waals surface area contributed by atoms with Gasteiger partial charge in [0.2, 0.25) is 0 Å². The molecule has 0 spiro atoms. The Balaban J connectivity index is 2.80. The van der Waals surface area contributed by atoms with Gasteiger partial charge in [0.25, 0.3) is 5.91 Å². The van der Waals surface area contributed by atoms with Crippen LogP contribution in [-0.2, 0) is 0 Å². The molecule has 6 heteroatoms. The maximum absolute atomic E-state index is 12.4. The van der Waals surface area contributed by atoms with E-state index >= 15 is 0 Å². The molecular formula is C14H21N3O3. The molecule has 0 saturated carbocycles. The molecule has 1 aromatic carbocycles. The van der Waals surface area contributed by atoms with Crippen LogP contribution in [0.5, 0.6) is 5.75 Å². The van der Waals surface area contributed by atoms with Crippen LogP contribution in [0.1, 0.15) is 30.6 Å². The van der Waals surface area contributed by atoms with Crippen LogP contribution >= 0.6 is 0 Å². The molecule has 0 unspecified atom stereocenters. The van der Waals surface area contributed by atoms with Gasteiger partial charge >= 0.3 is 0 Å². The molecule has 6 nitrogen and oxygen atoms in total. The van der Waals surface area contributed by atoms with E-state index in [1.807, 2.05) is 13.8 Å². The summed E-state index contributed by atoms with van der Waals surface area (Å²) in [4.78, 5) is 14.1. The third-order valence-electron chi connectivity index (χ3n) is 2.75. The van der Waals surface area contributed by atoms with Crippen molar-refractivity contribution in [2.45, 2.75) is 20.3 Å². The molecular weight excluding hydrogens is 258 g/mol. The fraction of sp³-hybridized carbons (Fsp3) is 0.429. The van der Waals surface area contributed by atoms with Crippen LogP contribution in [0.4, 0.5) is 0 Å². The summed E-state index contributed by atoms with van der Waals surface area (Å²) in [7, 11) is 0. The smallest absolute Gasteiger partial charge is 0.253 e. The first-order chi connectivity index (χ1) is 9.43. The number of carbonyl (C=O) groups excluding carboxylic acids is 1. The van der Waals surface area contributed by atoms with E-state index in [-0.39, 0.29) is 17.5 Å². The number of amidine groups is 1. The van der Waals surface area contributed by atoms with Crippen molar-refractivity contribution in [3.63, 3.8) is 0 Å². The van der Waals surface area contributed by atoms with Crippen LogP contribution in [-0.4, -0.2) is 40.0 Å². The van der Waals surface area contributed by atoms with Crippen molar-refractivity contribution in [2.75, 3.05) is 13.1 Å². The number of rotatable bonds is 6. The molecule has 0 fully saturated rings. The molecule has 0 saturated heterocycles. The van der Waals surface area contributed by atoms with Gasteiger partial charge < -0.3 is 20.9 Å². The average Bonchev–Trinajstić information content (AvgIpc) is 2.42. The highest BCUT2D eigenvalue weighted by Crippen LogP contribution is 2.13. The van der Waals surface area contributed by atoms with Gasteiger partial charge in [-0.2, -0.15) is 0 Å². The Bertz CT molecular complexity index is 469. The predicted octanol–water partition coefficient (Wildman–Crippen LogP) is 1.63. The summed E-state index contributed by atoms with van der Waals surface area (Å²) < 4.78 is 0. The van der Waals surface area contributed by atoms with Crippen LogP contribution in [0.3, 0.4) is 0 Å². The third-order valence-corrected chi connectivity index (χ3v) is 2.75. The van der Waals surface area contributed by atoms with Crippen molar-refractivity contribution in [2.24, 2.45) is 16.8 Å². The van der Waals surface area contributed by atoms with Crippen LogP contribution in [0.25, 0.3) is 0 Å².